The number of ether oxygens (including phenoxy) is 2. The van der Waals surface area contributed by atoms with Crippen LogP contribution in [0.2, 0.25) is 0 Å². The molecule has 0 atom stereocenters. The average Bonchev–Trinajstić information content (AvgIpc) is 3.21. The van der Waals surface area contributed by atoms with Gasteiger partial charge in [-0.1, -0.05) is 0 Å². The predicted octanol–water partition coefficient (Wildman–Crippen LogP) is 6.73. The molecule has 1 heterocycles. The SMILES string of the molecule is Cc1c(CC(=O)NCCCNC(=O)CCCC[PH](c2ccccc2)(c2ccccc2)c2ccccc2)c(=O)oc2c(F)c(OCCCNC(=O)OC(C)(C)C)c(F)cc12. The van der Waals surface area contributed by atoms with Crippen molar-refractivity contribution < 1.29 is 37.1 Å². The number of amides is 3. The maximum Gasteiger partial charge on any atom is 0.407 e. The predicted molar refractivity (Wildman–Crippen MR) is 231 cm³/mol. The van der Waals surface area contributed by atoms with Crippen LogP contribution in [0.1, 0.15) is 64.0 Å². The number of fused-ring (bicyclic) bond motifs is 1. The first-order valence-corrected chi connectivity index (χ1v) is 22.2. The van der Waals surface area contributed by atoms with Crippen LogP contribution in [-0.4, -0.2) is 55.9 Å². The maximum atomic E-state index is 15.3. The zero-order chi connectivity index (χ0) is 42.4. The fraction of sp³-hybridized carbons (Fsp3) is 0.348. The van der Waals surface area contributed by atoms with Crippen LogP contribution >= 0.6 is 7.26 Å². The van der Waals surface area contributed by atoms with Gasteiger partial charge < -0.3 is 19.2 Å². The minimum absolute atomic E-state index is 0.00251. The van der Waals surface area contributed by atoms with Crippen LogP contribution in [0.3, 0.4) is 0 Å². The van der Waals surface area contributed by atoms with E-state index in [1.165, 1.54) is 22.8 Å². The van der Waals surface area contributed by atoms with Gasteiger partial charge in [0.2, 0.25) is 5.82 Å². The summed E-state index contributed by atoms with van der Waals surface area (Å²) in [7, 11) is -2.36. The Balaban J connectivity index is 1.07. The van der Waals surface area contributed by atoms with Gasteiger partial charge in [0.15, 0.2) is 17.1 Å². The van der Waals surface area contributed by atoms with Gasteiger partial charge in [-0.15, -0.1) is 0 Å². The molecule has 0 radical (unpaired) electrons. The molecule has 314 valence electrons. The van der Waals surface area contributed by atoms with E-state index in [9.17, 15) is 19.2 Å². The van der Waals surface area contributed by atoms with Gasteiger partial charge in [-0.05, 0) is 45.7 Å². The van der Waals surface area contributed by atoms with E-state index >= 15 is 8.78 Å². The third-order valence-electron chi connectivity index (χ3n) is 10.0. The molecule has 0 saturated carbocycles. The van der Waals surface area contributed by atoms with Crippen LogP contribution in [-0.2, 0) is 20.7 Å². The van der Waals surface area contributed by atoms with Crippen molar-refractivity contribution in [2.75, 3.05) is 32.4 Å². The van der Waals surface area contributed by atoms with Crippen molar-refractivity contribution in [1.29, 1.82) is 0 Å². The van der Waals surface area contributed by atoms with E-state index in [-0.39, 0.29) is 55.0 Å². The summed E-state index contributed by atoms with van der Waals surface area (Å²) in [5.74, 6) is -3.44. The topological polar surface area (TPSA) is 136 Å². The van der Waals surface area contributed by atoms with Crippen LogP contribution in [0.25, 0.3) is 11.0 Å². The van der Waals surface area contributed by atoms with Gasteiger partial charge in [0, 0.05) is 11.9 Å². The Hall–Kier alpha value is -5.61. The smallest absolute Gasteiger partial charge is 0.407 e. The Morgan fingerprint density at radius 2 is 1.27 bits per heavy atom. The Labute approximate surface area is 344 Å². The zero-order valence-electron chi connectivity index (χ0n) is 34.1. The number of hydrogen-bond donors (Lipinski definition) is 3. The number of rotatable bonds is 19. The summed E-state index contributed by atoms with van der Waals surface area (Å²) in [5, 5.41) is 12.2. The van der Waals surface area contributed by atoms with Gasteiger partial charge >= 0.3 is 209 Å². The standard InChI is InChI=1S/C46H54F2N3O7P/c1-32-36-30-38(47)43(56-28-17-27-51-45(55)58-46(2,3)4)41(48)42(36)57-44(54)37(32)31-40(53)50-26-16-25-49-39(52)24-14-15-29-59(33-18-8-5-9-19-33,34-20-10-6-11-21-34)35-22-12-7-13-23-35/h5-13,18-23,30,59H,14-17,24-29,31H2,1-4H3,(H,49,52)(H,50,53)(H,51,55). The van der Waals surface area contributed by atoms with E-state index in [0.717, 1.165) is 25.1 Å². The Kier molecular flexibility index (Phi) is 15.8. The third-order valence-corrected chi connectivity index (χ3v) is 15.1. The van der Waals surface area contributed by atoms with Gasteiger partial charge in [0.25, 0.3) is 0 Å². The molecule has 3 amide bonds. The van der Waals surface area contributed by atoms with E-state index in [1.54, 1.807) is 20.8 Å². The molecule has 13 heteroatoms. The van der Waals surface area contributed by atoms with E-state index in [2.05, 4.69) is 88.7 Å². The van der Waals surface area contributed by atoms with Crippen molar-refractivity contribution in [3.63, 3.8) is 0 Å². The molecule has 0 aliphatic heterocycles. The fourth-order valence-electron chi connectivity index (χ4n) is 7.15. The van der Waals surface area contributed by atoms with E-state index < -0.39 is 53.5 Å². The third kappa shape index (κ3) is 12.0. The Bertz CT molecular complexity index is 2150. The first kappa shape index (κ1) is 44.5. The van der Waals surface area contributed by atoms with Gasteiger partial charge in [-0.25, -0.2) is 14.0 Å². The van der Waals surface area contributed by atoms with Crippen LogP contribution in [0.15, 0.2) is 106 Å². The molecule has 10 nitrogen and oxygen atoms in total. The maximum absolute atomic E-state index is 15.3. The summed E-state index contributed by atoms with van der Waals surface area (Å²) in [6, 6.07) is 33.1. The molecule has 0 fully saturated rings. The van der Waals surface area contributed by atoms with E-state index in [4.69, 9.17) is 13.9 Å². The molecule has 0 bridgehead atoms. The van der Waals surface area contributed by atoms with Crippen molar-refractivity contribution in [3.05, 3.63) is 130 Å². The largest absolute Gasteiger partial charge is 0.487 e. The van der Waals surface area contributed by atoms with Crippen molar-refractivity contribution in [3.8, 4) is 5.75 Å². The molecule has 5 aromatic rings. The summed E-state index contributed by atoms with van der Waals surface area (Å²) >= 11 is 0. The number of unbranched alkanes of at least 4 members (excludes halogenated alkanes) is 1. The molecule has 4 aromatic carbocycles. The number of benzene rings is 4. The summed E-state index contributed by atoms with van der Waals surface area (Å²) in [4.78, 5) is 50.3. The van der Waals surface area contributed by atoms with Crippen molar-refractivity contribution >= 4 is 52.1 Å². The van der Waals surface area contributed by atoms with Gasteiger partial charge in [-0.3, -0.25) is 0 Å². The quantitative estimate of drug-likeness (QED) is 0.0477. The van der Waals surface area contributed by atoms with Gasteiger partial charge in [0.05, 0.1) is 12.2 Å². The van der Waals surface area contributed by atoms with Crippen LogP contribution < -0.4 is 42.2 Å². The first-order valence-electron chi connectivity index (χ1n) is 20.0. The van der Waals surface area contributed by atoms with E-state index in [1.807, 2.05) is 18.2 Å². The molecule has 1 aromatic heterocycles. The number of hydrogen-bond acceptors (Lipinski definition) is 7. The van der Waals surface area contributed by atoms with Crippen LogP contribution in [0, 0.1) is 18.6 Å². The zero-order valence-corrected chi connectivity index (χ0v) is 35.1. The van der Waals surface area contributed by atoms with Crippen LogP contribution in [0.5, 0.6) is 5.75 Å². The molecule has 0 unspecified atom stereocenters. The number of carbonyl (C=O) groups is 3. The monoisotopic (exact) mass is 829 g/mol. The summed E-state index contributed by atoms with van der Waals surface area (Å²) < 4.78 is 46.0. The average molecular weight is 830 g/mol. The van der Waals surface area contributed by atoms with Crippen LogP contribution in [0.4, 0.5) is 13.6 Å². The van der Waals surface area contributed by atoms with Crippen molar-refractivity contribution in [1.82, 2.24) is 16.0 Å². The second-order valence-corrected chi connectivity index (χ2v) is 19.5. The molecule has 0 aliphatic rings. The first-order chi connectivity index (χ1) is 28.3. The molecular formula is C46H54F2N3O7P. The minimum atomic E-state index is -2.36. The normalized spacial score (nSPS) is 11.8. The summed E-state index contributed by atoms with van der Waals surface area (Å²) in [6.07, 6.45) is 2.65. The molecule has 0 aliphatic carbocycles. The fourth-order valence-corrected chi connectivity index (χ4v) is 12.1. The molecule has 5 rings (SSSR count). The summed E-state index contributed by atoms with van der Waals surface area (Å²) in [5.41, 5.74) is -1.89. The van der Waals surface area contributed by atoms with Crippen molar-refractivity contribution in [2.24, 2.45) is 0 Å². The molecule has 0 spiro atoms. The summed E-state index contributed by atoms with van der Waals surface area (Å²) in [6.45, 7) is 7.27. The number of carbonyl (C=O) groups excluding carboxylic acids is 3. The second kappa shape index (κ2) is 20.9. The minimum Gasteiger partial charge on any atom is -0.487 e. The van der Waals surface area contributed by atoms with Crippen molar-refractivity contribution in [2.45, 2.75) is 71.8 Å². The van der Waals surface area contributed by atoms with E-state index in [0.29, 0.717) is 19.4 Å². The van der Waals surface area contributed by atoms with Gasteiger partial charge in [0.1, 0.15) is 5.60 Å². The molecule has 59 heavy (non-hydrogen) atoms. The molecule has 3 N–H and O–H groups in total. The number of aryl methyl sites for hydroxylation is 1. The number of alkyl carbamates (subject to hydrolysis) is 1. The second-order valence-electron chi connectivity index (χ2n) is 15.4. The Morgan fingerprint density at radius 3 is 1.83 bits per heavy atom. The number of halogens is 2. The molecular weight excluding hydrogens is 775 g/mol. The molecule has 0 saturated heterocycles. The Morgan fingerprint density at radius 1 is 0.729 bits per heavy atom. The number of nitrogens with one attached hydrogen (secondary N) is 3. The van der Waals surface area contributed by atoms with Gasteiger partial charge in [-0.2, -0.15) is 4.39 Å².